The van der Waals surface area contributed by atoms with Gasteiger partial charge in [0.15, 0.2) is 5.01 Å². The molecule has 0 aromatic carbocycles. The Labute approximate surface area is 144 Å². The van der Waals surface area contributed by atoms with Crippen LogP contribution in [0, 0.1) is 0 Å². The molecule has 3 aromatic rings. The largest absolute Gasteiger partial charge is 0.347 e. The van der Waals surface area contributed by atoms with Crippen molar-refractivity contribution in [3.8, 4) is 10.7 Å². The normalized spacial score (nSPS) is 15.8. The van der Waals surface area contributed by atoms with E-state index in [0.29, 0.717) is 5.92 Å². The second-order valence-corrected chi connectivity index (χ2v) is 6.80. The Morgan fingerprint density at radius 1 is 1.17 bits per heavy atom. The third-order valence-electron chi connectivity index (χ3n) is 4.42. The number of pyridine rings is 1. The molecule has 0 saturated carbocycles. The van der Waals surface area contributed by atoms with Crippen molar-refractivity contribution in [3.05, 3.63) is 36.5 Å². The van der Waals surface area contributed by atoms with Gasteiger partial charge in [-0.05, 0) is 31.9 Å². The van der Waals surface area contributed by atoms with E-state index in [0.717, 1.165) is 54.1 Å². The topological polar surface area (TPSA) is 72.6 Å². The van der Waals surface area contributed by atoms with Crippen LogP contribution >= 0.6 is 11.3 Å². The fraction of sp³-hybridized carbons (Fsp3) is 0.438. The Balaban J connectivity index is 1.44. The van der Waals surface area contributed by atoms with Gasteiger partial charge >= 0.3 is 0 Å². The van der Waals surface area contributed by atoms with Gasteiger partial charge in [0.1, 0.15) is 17.8 Å². The van der Waals surface area contributed by atoms with E-state index in [4.69, 9.17) is 0 Å². The third kappa shape index (κ3) is 2.89. The molecule has 0 bridgehead atoms. The van der Waals surface area contributed by atoms with Gasteiger partial charge in [0.2, 0.25) is 5.13 Å². The van der Waals surface area contributed by atoms with Crippen LogP contribution in [-0.2, 0) is 6.54 Å². The molecule has 0 atom stereocenters. The lowest BCUT2D eigenvalue weighted by Crippen LogP contribution is -2.33. The number of piperidine rings is 1. The predicted octanol–water partition coefficient (Wildman–Crippen LogP) is 2.60. The summed E-state index contributed by atoms with van der Waals surface area (Å²) in [6.07, 6.45) is 5.74. The molecule has 0 spiro atoms. The summed E-state index contributed by atoms with van der Waals surface area (Å²) in [7, 11) is 0. The lowest BCUT2D eigenvalue weighted by molar-refractivity contribution is 0.466. The van der Waals surface area contributed by atoms with Crippen molar-refractivity contribution in [2.75, 3.05) is 18.0 Å². The molecule has 8 heteroatoms. The first-order valence-electron chi connectivity index (χ1n) is 8.22. The van der Waals surface area contributed by atoms with Gasteiger partial charge < -0.3 is 9.47 Å². The minimum Gasteiger partial charge on any atom is -0.347 e. The number of hydrogen-bond acceptors (Lipinski definition) is 7. The summed E-state index contributed by atoms with van der Waals surface area (Å²) in [6, 6.07) is 5.85. The van der Waals surface area contributed by atoms with E-state index in [-0.39, 0.29) is 0 Å². The summed E-state index contributed by atoms with van der Waals surface area (Å²) < 4.78 is 2.14. The van der Waals surface area contributed by atoms with Gasteiger partial charge in [-0.15, -0.1) is 20.4 Å². The Hall–Kier alpha value is -2.35. The number of hydrogen-bond donors (Lipinski definition) is 0. The Kier molecular flexibility index (Phi) is 4.20. The standard InChI is InChI=1S/C16H19N7S/c1-2-22-11-18-19-14(22)12-6-9-23(10-7-12)16-21-20-15(24-16)13-5-3-4-8-17-13/h3-5,8,11-12H,2,6-7,9-10H2,1H3. The molecule has 0 radical (unpaired) electrons. The highest BCUT2D eigenvalue weighted by Crippen LogP contribution is 2.32. The zero-order valence-corrected chi connectivity index (χ0v) is 14.4. The number of aryl methyl sites for hydroxylation is 1. The zero-order chi connectivity index (χ0) is 16.4. The van der Waals surface area contributed by atoms with Crippen molar-refractivity contribution < 1.29 is 0 Å². The van der Waals surface area contributed by atoms with Crippen LogP contribution in [0.2, 0.25) is 0 Å². The quantitative estimate of drug-likeness (QED) is 0.726. The molecule has 1 aliphatic heterocycles. The summed E-state index contributed by atoms with van der Waals surface area (Å²) in [4.78, 5) is 6.66. The predicted molar refractivity (Wildman–Crippen MR) is 93.0 cm³/mol. The van der Waals surface area contributed by atoms with Crippen molar-refractivity contribution in [3.63, 3.8) is 0 Å². The SMILES string of the molecule is CCn1cnnc1C1CCN(c2nnc(-c3ccccn3)s2)CC1. The van der Waals surface area contributed by atoms with Gasteiger partial charge in [-0.2, -0.15) is 0 Å². The first kappa shape index (κ1) is 15.2. The molecule has 0 amide bonds. The van der Waals surface area contributed by atoms with E-state index < -0.39 is 0 Å². The summed E-state index contributed by atoms with van der Waals surface area (Å²) in [6.45, 7) is 4.99. The molecule has 4 heterocycles. The highest BCUT2D eigenvalue weighted by Gasteiger charge is 2.26. The van der Waals surface area contributed by atoms with Gasteiger partial charge in [-0.3, -0.25) is 4.98 Å². The number of nitrogens with zero attached hydrogens (tertiary/aromatic N) is 7. The van der Waals surface area contributed by atoms with Crippen LogP contribution < -0.4 is 4.90 Å². The van der Waals surface area contributed by atoms with Crippen molar-refractivity contribution in [1.82, 2.24) is 29.9 Å². The highest BCUT2D eigenvalue weighted by atomic mass is 32.1. The van der Waals surface area contributed by atoms with E-state index in [1.54, 1.807) is 17.5 Å². The van der Waals surface area contributed by atoms with Crippen LogP contribution in [0.25, 0.3) is 10.7 Å². The van der Waals surface area contributed by atoms with Gasteiger partial charge in [0.05, 0.1) is 0 Å². The summed E-state index contributed by atoms with van der Waals surface area (Å²) in [5, 5.41) is 18.9. The highest BCUT2D eigenvalue weighted by molar-refractivity contribution is 7.18. The maximum absolute atomic E-state index is 4.36. The maximum atomic E-state index is 4.36. The van der Waals surface area contributed by atoms with E-state index in [1.807, 2.05) is 24.5 Å². The third-order valence-corrected chi connectivity index (χ3v) is 5.42. The molecule has 124 valence electrons. The van der Waals surface area contributed by atoms with E-state index in [2.05, 4.69) is 41.8 Å². The lowest BCUT2D eigenvalue weighted by atomic mass is 9.96. The van der Waals surface area contributed by atoms with Gasteiger partial charge in [-0.1, -0.05) is 17.4 Å². The van der Waals surface area contributed by atoms with Crippen LogP contribution in [0.3, 0.4) is 0 Å². The van der Waals surface area contributed by atoms with Crippen LogP contribution in [0.15, 0.2) is 30.7 Å². The molecule has 3 aromatic heterocycles. The molecule has 4 rings (SSSR count). The smallest absolute Gasteiger partial charge is 0.208 e. The molecule has 1 aliphatic rings. The summed E-state index contributed by atoms with van der Waals surface area (Å²) in [5.74, 6) is 1.59. The second-order valence-electron chi connectivity index (χ2n) is 5.84. The van der Waals surface area contributed by atoms with E-state index >= 15 is 0 Å². The zero-order valence-electron chi connectivity index (χ0n) is 13.5. The molecule has 0 aliphatic carbocycles. The lowest BCUT2D eigenvalue weighted by Gasteiger charge is -2.30. The molecule has 0 unspecified atom stereocenters. The first-order chi connectivity index (χ1) is 11.8. The molecular formula is C16H19N7S. The number of aromatic nitrogens is 6. The maximum Gasteiger partial charge on any atom is 0.208 e. The fourth-order valence-electron chi connectivity index (χ4n) is 3.09. The van der Waals surface area contributed by atoms with Crippen molar-refractivity contribution in [2.45, 2.75) is 32.2 Å². The molecule has 0 N–H and O–H groups in total. The summed E-state index contributed by atoms with van der Waals surface area (Å²) >= 11 is 1.61. The average molecular weight is 341 g/mol. The molecule has 7 nitrogen and oxygen atoms in total. The van der Waals surface area contributed by atoms with E-state index in [9.17, 15) is 0 Å². The monoisotopic (exact) mass is 341 g/mol. The minimum absolute atomic E-state index is 0.479. The van der Waals surface area contributed by atoms with Crippen molar-refractivity contribution >= 4 is 16.5 Å². The Morgan fingerprint density at radius 2 is 2.04 bits per heavy atom. The molecular weight excluding hydrogens is 322 g/mol. The van der Waals surface area contributed by atoms with Gasteiger partial charge in [-0.25, -0.2) is 0 Å². The van der Waals surface area contributed by atoms with Gasteiger partial charge in [0, 0.05) is 31.7 Å². The molecule has 1 saturated heterocycles. The van der Waals surface area contributed by atoms with Crippen molar-refractivity contribution in [1.29, 1.82) is 0 Å². The van der Waals surface area contributed by atoms with Crippen LogP contribution in [0.1, 0.15) is 31.5 Å². The minimum atomic E-state index is 0.479. The van der Waals surface area contributed by atoms with Crippen LogP contribution in [-0.4, -0.2) is 43.0 Å². The Bertz CT molecular complexity index is 790. The van der Waals surface area contributed by atoms with Gasteiger partial charge in [0.25, 0.3) is 0 Å². The molecule has 24 heavy (non-hydrogen) atoms. The molecule has 1 fully saturated rings. The van der Waals surface area contributed by atoms with Crippen LogP contribution in [0.5, 0.6) is 0 Å². The van der Waals surface area contributed by atoms with Crippen LogP contribution in [0.4, 0.5) is 5.13 Å². The average Bonchev–Trinajstić information content (AvgIpc) is 3.32. The fourth-order valence-corrected chi connectivity index (χ4v) is 3.96. The summed E-state index contributed by atoms with van der Waals surface area (Å²) in [5.41, 5.74) is 0.882. The first-order valence-corrected chi connectivity index (χ1v) is 9.04. The van der Waals surface area contributed by atoms with E-state index in [1.165, 1.54) is 0 Å². The second kappa shape index (κ2) is 6.64. The van der Waals surface area contributed by atoms with Crippen molar-refractivity contribution in [2.24, 2.45) is 0 Å². The number of rotatable bonds is 4. The Morgan fingerprint density at radius 3 is 2.79 bits per heavy atom. The number of anilines is 1.